The van der Waals surface area contributed by atoms with E-state index in [1.165, 1.54) is 57.3 Å². The Kier molecular flexibility index (Phi) is 8.04. The lowest BCUT2D eigenvalue weighted by molar-refractivity contribution is 0.636. The van der Waals surface area contributed by atoms with Gasteiger partial charge < -0.3 is 4.90 Å². The summed E-state index contributed by atoms with van der Waals surface area (Å²) in [5.74, 6) is 0. The summed E-state index contributed by atoms with van der Waals surface area (Å²) >= 11 is 0. The van der Waals surface area contributed by atoms with Crippen molar-refractivity contribution in [3.8, 4) is 0 Å². The minimum Gasteiger partial charge on any atom is -0.372 e. The highest BCUT2D eigenvalue weighted by Gasteiger charge is 2.05. The highest BCUT2D eigenvalue weighted by atomic mass is 15.1. The highest BCUT2D eigenvalue weighted by molar-refractivity contribution is 5.54. The van der Waals surface area contributed by atoms with Gasteiger partial charge in [-0.15, -0.1) is 0 Å². The summed E-state index contributed by atoms with van der Waals surface area (Å²) in [7, 11) is 0. The molecule has 0 aliphatic heterocycles. The predicted molar refractivity (Wildman–Crippen MR) is 86.5 cm³/mol. The Morgan fingerprint density at radius 3 is 1.84 bits per heavy atom. The van der Waals surface area contributed by atoms with E-state index in [1.807, 2.05) is 0 Å². The maximum Gasteiger partial charge on any atom is 0.0366 e. The van der Waals surface area contributed by atoms with Crippen LogP contribution in [0.25, 0.3) is 6.08 Å². The molecule has 1 rings (SSSR count). The molecule has 0 unspecified atom stereocenters. The largest absolute Gasteiger partial charge is 0.372 e. The van der Waals surface area contributed by atoms with Crippen LogP contribution < -0.4 is 4.90 Å². The van der Waals surface area contributed by atoms with Crippen LogP contribution in [-0.2, 0) is 0 Å². The van der Waals surface area contributed by atoms with Crippen molar-refractivity contribution in [1.82, 2.24) is 0 Å². The summed E-state index contributed by atoms with van der Waals surface area (Å²) in [5, 5.41) is 0. The third-order valence-electron chi connectivity index (χ3n) is 3.51. The zero-order valence-corrected chi connectivity index (χ0v) is 12.6. The first-order valence-corrected chi connectivity index (χ1v) is 7.71. The Morgan fingerprint density at radius 1 is 0.895 bits per heavy atom. The second-order valence-corrected chi connectivity index (χ2v) is 5.16. The van der Waals surface area contributed by atoms with Gasteiger partial charge in [-0.1, -0.05) is 64.3 Å². The molecule has 0 atom stereocenters. The highest BCUT2D eigenvalue weighted by Crippen LogP contribution is 2.18. The summed E-state index contributed by atoms with van der Waals surface area (Å²) in [6.07, 6.45) is 9.43. The summed E-state index contributed by atoms with van der Waals surface area (Å²) in [6.45, 7) is 12.4. The lowest BCUT2D eigenvalue weighted by Gasteiger charge is -2.25. The molecule has 0 bridgehead atoms. The van der Waals surface area contributed by atoms with Crippen LogP contribution in [0, 0.1) is 6.58 Å². The van der Waals surface area contributed by atoms with Gasteiger partial charge in [-0.25, -0.2) is 0 Å². The molecule has 0 fully saturated rings. The van der Waals surface area contributed by atoms with E-state index in [4.69, 9.17) is 6.58 Å². The monoisotopic (exact) mass is 258 g/mol. The molecule has 0 heterocycles. The Balaban J connectivity index is 2.60. The van der Waals surface area contributed by atoms with E-state index < -0.39 is 0 Å². The minimum atomic E-state index is 1.09. The standard InChI is InChI=1S/C18H28N/c1-4-7-9-15-19(16-10-8-5-2)18-13-11-17(6-3)12-14-18/h3,6,11-14H,4-5,7-10,15-16H2,1-2H3. The number of benzene rings is 1. The van der Waals surface area contributed by atoms with Crippen LogP contribution in [0.5, 0.6) is 0 Å². The molecule has 105 valence electrons. The summed E-state index contributed by atoms with van der Waals surface area (Å²) in [4.78, 5) is 2.52. The molecule has 1 aromatic rings. The van der Waals surface area contributed by atoms with Crippen LogP contribution in [0.15, 0.2) is 24.3 Å². The van der Waals surface area contributed by atoms with Gasteiger partial charge in [-0.05, 0) is 30.5 Å². The maximum absolute atomic E-state index is 5.53. The van der Waals surface area contributed by atoms with Gasteiger partial charge >= 0.3 is 0 Å². The lowest BCUT2D eigenvalue weighted by atomic mass is 10.1. The molecule has 1 radical (unpaired) electrons. The average molecular weight is 258 g/mol. The lowest BCUT2D eigenvalue weighted by Crippen LogP contribution is -2.25. The van der Waals surface area contributed by atoms with Gasteiger partial charge in [0.05, 0.1) is 0 Å². The molecular formula is C18H28N. The van der Waals surface area contributed by atoms with E-state index in [-0.39, 0.29) is 0 Å². The van der Waals surface area contributed by atoms with E-state index in [2.05, 4.69) is 43.0 Å². The smallest absolute Gasteiger partial charge is 0.0366 e. The second kappa shape index (κ2) is 9.66. The van der Waals surface area contributed by atoms with Crippen molar-refractivity contribution in [3.05, 3.63) is 36.4 Å². The topological polar surface area (TPSA) is 3.24 Å². The van der Waals surface area contributed by atoms with Gasteiger partial charge in [0.1, 0.15) is 0 Å². The van der Waals surface area contributed by atoms with Crippen LogP contribution in [0.2, 0.25) is 0 Å². The number of hydrogen-bond acceptors (Lipinski definition) is 1. The molecule has 0 aliphatic rings. The van der Waals surface area contributed by atoms with Crippen molar-refractivity contribution in [1.29, 1.82) is 0 Å². The molecule has 1 nitrogen and oxygen atoms in total. The number of unbranched alkanes of at least 4 members (excludes halogenated alkanes) is 4. The number of anilines is 1. The van der Waals surface area contributed by atoms with Gasteiger partial charge in [0.2, 0.25) is 0 Å². The fourth-order valence-corrected chi connectivity index (χ4v) is 2.27. The maximum atomic E-state index is 5.53. The molecule has 0 saturated carbocycles. The Morgan fingerprint density at radius 2 is 1.42 bits per heavy atom. The molecule has 1 heteroatoms. The van der Waals surface area contributed by atoms with Crippen molar-refractivity contribution in [2.45, 2.75) is 52.4 Å². The van der Waals surface area contributed by atoms with Crippen molar-refractivity contribution in [3.63, 3.8) is 0 Å². The van der Waals surface area contributed by atoms with E-state index in [9.17, 15) is 0 Å². The molecule has 0 N–H and O–H groups in total. The van der Waals surface area contributed by atoms with E-state index in [1.54, 1.807) is 6.08 Å². The van der Waals surface area contributed by atoms with Crippen molar-refractivity contribution >= 4 is 11.8 Å². The summed E-state index contributed by atoms with van der Waals surface area (Å²) in [5.41, 5.74) is 2.42. The summed E-state index contributed by atoms with van der Waals surface area (Å²) in [6, 6.07) is 8.58. The van der Waals surface area contributed by atoms with Crippen LogP contribution in [0.4, 0.5) is 5.69 Å². The zero-order chi connectivity index (χ0) is 13.9. The normalized spacial score (nSPS) is 10.4. The minimum absolute atomic E-state index is 1.09. The first kappa shape index (κ1) is 15.8. The van der Waals surface area contributed by atoms with Gasteiger partial charge in [0.15, 0.2) is 0 Å². The quantitative estimate of drug-likeness (QED) is 0.513. The first-order chi connectivity index (χ1) is 9.31. The Bertz CT molecular complexity index is 329. The van der Waals surface area contributed by atoms with Gasteiger partial charge in [0.25, 0.3) is 0 Å². The Hall–Kier alpha value is -1.24. The number of nitrogens with zero attached hydrogens (tertiary/aromatic N) is 1. The molecule has 0 amide bonds. The number of rotatable bonds is 10. The van der Waals surface area contributed by atoms with E-state index in [0.717, 1.165) is 5.56 Å². The van der Waals surface area contributed by atoms with Crippen LogP contribution in [0.1, 0.15) is 57.9 Å². The summed E-state index contributed by atoms with van der Waals surface area (Å²) < 4.78 is 0. The van der Waals surface area contributed by atoms with Crippen LogP contribution in [-0.4, -0.2) is 13.1 Å². The van der Waals surface area contributed by atoms with Gasteiger partial charge in [-0.3, -0.25) is 0 Å². The van der Waals surface area contributed by atoms with E-state index >= 15 is 0 Å². The number of hydrogen-bond donors (Lipinski definition) is 0. The second-order valence-electron chi connectivity index (χ2n) is 5.16. The molecule has 0 aromatic heterocycles. The molecule has 0 aliphatic carbocycles. The molecule has 0 saturated heterocycles. The first-order valence-electron chi connectivity index (χ1n) is 7.71. The molecule has 0 spiro atoms. The molecule has 19 heavy (non-hydrogen) atoms. The van der Waals surface area contributed by atoms with Crippen LogP contribution in [0.3, 0.4) is 0 Å². The fourth-order valence-electron chi connectivity index (χ4n) is 2.27. The van der Waals surface area contributed by atoms with E-state index in [0.29, 0.717) is 0 Å². The Labute approximate surface area is 119 Å². The van der Waals surface area contributed by atoms with Crippen molar-refractivity contribution in [2.75, 3.05) is 18.0 Å². The van der Waals surface area contributed by atoms with Gasteiger partial charge in [0, 0.05) is 18.8 Å². The van der Waals surface area contributed by atoms with Crippen LogP contribution >= 0.6 is 0 Å². The zero-order valence-electron chi connectivity index (χ0n) is 12.6. The predicted octanol–water partition coefficient (Wildman–Crippen LogP) is 5.32. The third kappa shape index (κ3) is 5.96. The fraction of sp³-hybridized carbons (Fsp3) is 0.556. The van der Waals surface area contributed by atoms with Crippen molar-refractivity contribution in [2.24, 2.45) is 0 Å². The SMILES string of the molecule is [CH]=Cc1ccc(N(CCCCC)CCCCC)cc1. The van der Waals surface area contributed by atoms with Crippen molar-refractivity contribution < 1.29 is 0 Å². The molecular weight excluding hydrogens is 230 g/mol. The van der Waals surface area contributed by atoms with Gasteiger partial charge in [-0.2, -0.15) is 0 Å². The average Bonchev–Trinajstić information content (AvgIpc) is 2.46. The molecule has 1 aromatic carbocycles. The third-order valence-corrected chi connectivity index (χ3v) is 3.51.